The van der Waals surface area contributed by atoms with Crippen LogP contribution in [0.25, 0.3) is 11.3 Å². The Kier molecular flexibility index (Phi) is 18.1. The summed E-state index contributed by atoms with van der Waals surface area (Å²) in [5.74, 6) is -4.13. The quantitative estimate of drug-likeness (QED) is 0.108. The lowest BCUT2D eigenvalue weighted by Crippen LogP contribution is -2.62. The van der Waals surface area contributed by atoms with Crippen LogP contribution < -0.4 is 11.1 Å². The molecule has 3 aliphatic rings. The number of ketones is 1. The molecule has 3 aliphatic heterocycles. The Labute approximate surface area is 380 Å². The topological polar surface area (TPSA) is 193 Å². The first-order valence-corrected chi connectivity index (χ1v) is 23.0. The number of halogens is 3. The number of unbranched alkanes of at least 4 members (excludes halogenated alkanes) is 1. The fraction of sp³-hybridized carbons (Fsp3) is 0.750. The number of hydrogen-bond acceptors (Lipinski definition) is 15. The van der Waals surface area contributed by atoms with Gasteiger partial charge in [0.05, 0.1) is 30.0 Å². The van der Waals surface area contributed by atoms with Gasteiger partial charge in [0.15, 0.2) is 17.7 Å². The van der Waals surface area contributed by atoms with Crippen molar-refractivity contribution in [3.63, 3.8) is 0 Å². The molecule has 13 atom stereocenters. The summed E-state index contributed by atoms with van der Waals surface area (Å²) in [6, 6.07) is 5.45. The van der Waals surface area contributed by atoms with Crippen LogP contribution in [0.15, 0.2) is 30.5 Å². The second kappa shape index (κ2) is 21.8. The Hall–Kier alpha value is -3.53. The van der Waals surface area contributed by atoms with Gasteiger partial charge in [-0.2, -0.15) is 3.89 Å². The molecule has 4 N–H and O–H groups in total. The van der Waals surface area contributed by atoms with Crippen LogP contribution in [-0.4, -0.2) is 160 Å². The number of aliphatic hydroxyl groups excluding tert-OH is 1. The maximum Gasteiger partial charge on any atom is 0.410 e. The van der Waals surface area contributed by atoms with E-state index < -0.39 is 89.0 Å². The summed E-state index contributed by atoms with van der Waals surface area (Å²) in [5.41, 5.74) is -0.436. The first-order chi connectivity index (χ1) is 29.9. The molecule has 1 amide bonds. The summed E-state index contributed by atoms with van der Waals surface area (Å²) in [6.45, 7) is 12.5. The molecule has 5 rings (SSSR count). The number of ether oxygens (including phenoxy) is 5. The number of nitrogen functional groups attached to an aromatic ring is 1. The lowest BCUT2D eigenvalue weighted by atomic mass is 9.77. The number of cyclic esters (lactones) is 1. The average molecular weight is 930 g/mol. The first-order valence-electron chi connectivity index (χ1n) is 21.9. The van der Waals surface area contributed by atoms with Crippen molar-refractivity contribution < 1.29 is 55.8 Å². The van der Waals surface area contributed by atoms with Crippen LogP contribution in [0.2, 0.25) is 0 Å². The van der Waals surface area contributed by atoms with Gasteiger partial charge >= 0.3 is 12.1 Å². The number of rotatable bonds is 11. The molecule has 64 heavy (non-hydrogen) atoms. The predicted molar refractivity (Wildman–Crippen MR) is 237 cm³/mol. The lowest BCUT2D eigenvalue weighted by molar-refractivity contribution is -0.297. The highest BCUT2D eigenvalue weighted by Gasteiger charge is 2.61. The van der Waals surface area contributed by atoms with Crippen molar-refractivity contribution in [2.45, 2.75) is 165 Å². The molecule has 362 valence electrons. The summed E-state index contributed by atoms with van der Waals surface area (Å²) in [5, 5.41) is 23.2. The first kappa shape index (κ1) is 53.1. The number of amides is 1. The number of esters is 1. The van der Waals surface area contributed by atoms with Gasteiger partial charge in [-0.25, -0.2) is 18.4 Å². The third-order valence-electron chi connectivity index (χ3n) is 12.8. The van der Waals surface area contributed by atoms with Crippen molar-refractivity contribution in [2.24, 2.45) is 5.92 Å². The van der Waals surface area contributed by atoms with Gasteiger partial charge in [0.1, 0.15) is 23.6 Å². The number of benzene rings is 1. The minimum Gasteiger partial charge on any atom is -0.455 e. The van der Waals surface area contributed by atoms with Crippen LogP contribution in [0, 0.1) is 5.92 Å². The highest BCUT2D eigenvalue weighted by molar-refractivity contribution is 7.93. The van der Waals surface area contributed by atoms with Gasteiger partial charge in [-0.05, 0) is 93.5 Å². The van der Waals surface area contributed by atoms with Gasteiger partial charge in [-0.1, -0.05) is 31.2 Å². The molecule has 0 spiro atoms. The summed E-state index contributed by atoms with van der Waals surface area (Å²) in [6.07, 6.45) is -1.69. The van der Waals surface area contributed by atoms with Crippen LogP contribution in [0.3, 0.4) is 0 Å². The Bertz CT molecular complexity index is 1880. The van der Waals surface area contributed by atoms with E-state index in [4.69, 9.17) is 29.4 Å². The molecule has 3 fully saturated rings. The molecule has 4 heterocycles. The van der Waals surface area contributed by atoms with E-state index in [9.17, 15) is 23.4 Å². The van der Waals surface area contributed by atoms with Crippen molar-refractivity contribution in [1.82, 2.24) is 30.1 Å². The summed E-state index contributed by atoms with van der Waals surface area (Å²) in [4.78, 5) is 45.4. The van der Waals surface area contributed by atoms with Crippen molar-refractivity contribution in [3.05, 3.63) is 30.5 Å². The van der Waals surface area contributed by atoms with Gasteiger partial charge in [-0.15, -0.1) is 5.10 Å². The third-order valence-corrected chi connectivity index (χ3v) is 12.8. The average Bonchev–Trinajstić information content (AvgIpc) is 3.81. The zero-order chi connectivity index (χ0) is 47.9. The van der Waals surface area contributed by atoms with E-state index in [2.05, 4.69) is 15.6 Å². The maximum atomic E-state index is 17.1. The normalized spacial score (nSPS) is 36.6. The van der Waals surface area contributed by atoms with Crippen LogP contribution in [0.4, 0.5) is 23.1 Å². The minimum atomic E-state index is -3.24. The number of fused-ring (bicyclic) bond motifs is 1. The van der Waals surface area contributed by atoms with Gasteiger partial charge in [0, 0.05) is 80.8 Å². The fourth-order valence-electron chi connectivity index (χ4n) is 9.45. The number of aryl methyl sites for hydroxylation is 1. The van der Waals surface area contributed by atoms with E-state index in [1.807, 2.05) is 36.2 Å². The molecule has 3 saturated heterocycles. The molecule has 16 nitrogen and oxygen atoms in total. The van der Waals surface area contributed by atoms with Gasteiger partial charge in [-0.3, -0.25) is 14.4 Å². The number of carbonyl (C=O) groups excluding carboxylic acids is 3. The molecular formula is C44H70F3N7O9S. The van der Waals surface area contributed by atoms with E-state index in [0.717, 1.165) is 12.5 Å². The second-order valence-electron chi connectivity index (χ2n) is 18.4. The number of hydrogen-bond donors (Lipinski definition) is 3. The number of likely N-dealkylation sites (N-methyl/N-ethyl adjacent to an activating group) is 1. The number of aliphatic hydroxyl groups is 1. The smallest absolute Gasteiger partial charge is 0.410 e. The van der Waals surface area contributed by atoms with Crippen molar-refractivity contribution in [2.75, 3.05) is 46.3 Å². The Balaban J connectivity index is 0.00000291. The van der Waals surface area contributed by atoms with Crippen molar-refractivity contribution >= 4 is 35.7 Å². The fourth-order valence-corrected chi connectivity index (χ4v) is 9.45. The summed E-state index contributed by atoms with van der Waals surface area (Å²) >= 11 is 0.250. The van der Waals surface area contributed by atoms with Gasteiger partial charge in [0.25, 0.3) is 5.67 Å². The van der Waals surface area contributed by atoms with Crippen molar-refractivity contribution in [1.29, 1.82) is 0 Å². The molecule has 0 aliphatic carbocycles. The maximum absolute atomic E-state index is 17.1. The van der Waals surface area contributed by atoms with E-state index in [1.54, 1.807) is 52.5 Å². The lowest BCUT2D eigenvalue weighted by Gasteiger charge is -2.47. The zero-order valence-electron chi connectivity index (χ0n) is 39.3. The largest absolute Gasteiger partial charge is 0.455 e. The second-order valence-corrected chi connectivity index (χ2v) is 18.7. The number of Topliss-reactive ketones (excluding diaryl/α,β-unsaturated/α-hetero) is 1. The molecular weight excluding hydrogens is 860 g/mol. The number of carbonyl (C=O) groups is 3. The number of alkyl halides is 2. The third kappa shape index (κ3) is 12.1. The summed E-state index contributed by atoms with van der Waals surface area (Å²) < 4.78 is 76.4. The SMILES string of the molecule is CC[C@H]1OC(=O)C(C)(F)C(=O)[C@H](C)[C@@H](O[C@@H]2OC(C)CC(N(C)C)C2O)[C@](C)(OC)CC(C)(F)CN[C@H](C)[C@H]2N(CCCCn3cc(-c4cccc(N)c4)nn3)C(=O)O[C@]12C.CSF. The molecule has 0 radical (unpaired) electrons. The highest BCUT2D eigenvalue weighted by Crippen LogP contribution is 2.42. The Morgan fingerprint density at radius 3 is 2.36 bits per heavy atom. The van der Waals surface area contributed by atoms with E-state index >= 15 is 8.78 Å². The highest BCUT2D eigenvalue weighted by atomic mass is 32.2. The molecule has 1 aromatic heterocycles. The monoisotopic (exact) mass is 929 g/mol. The number of nitrogens with two attached hydrogens (primary N) is 1. The Morgan fingerprint density at radius 1 is 1.09 bits per heavy atom. The molecule has 0 saturated carbocycles. The molecule has 1 aromatic carbocycles. The molecule has 0 bridgehead atoms. The minimum absolute atomic E-state index is 0.0878. The van der Waals surface area contributed by atoms with Crippen LogP contribution in [0.5, 0.6) is 0 Å². The predicted octanol–water partition coefficient (Wildman–Crippen LogP) is 5.70. The van der Waals surface area contributed by atoms with Crippen LogP contribution >= 0.6 is 12.1 Å². The van der Waals surface area contributed by atoms with Crippen LogP contribution in [-0.2, 0) is 39.8 Å². The molecule has 5 unspecified atom stereocenters. The van der Waals surface area contributed by atoms with Gasteiger partial charge < -0.3 is 44.7 Å². The summed E-state index contributed by atoms with van der Waals surface area (Å²) in [7, 11) is 4.94. The van der Waals surface area contributed by atoms with Gasteiger partial charge in [0.2, 0.25) is 0 Å². The van der Waals surface area contributed by atoms with E-state index in [-0.39, 0.29) is 44.2 Å². The van der Waals surface area contributed by atoms with Crippen LogP contribution in [0.1, 0.15) is 87.5 Å². The number of nitrogens with one attached hydrogen (secondary N) is 1. The number of aromatic nitrogens is 3. The molecule has 2 aromatic rings. The standard InChI is InChI=1S/C43H67F2N7O9.CH3FS/c1-12-32-43(8)34(52(39(56)61-43)19-14-13-18-51-22-30(48-49-51)28-16-15-17-29(46)21-28)27(4)47-24-40(5,44)23-41(6,57-11)36(26(3)35(54)42(7,45)38(55)59-32)60-37-33(53)31(50(9)10)20-25(2)58-37;1-3-2/h15-17,21-22,25-27,31-34,36-37,47,53H,12-14,18-20,23-24,46H2,1-11H3;1H3/t25?,26-,27+,31?,32+,33?,34+,36+,37-,40?,41+,42?,43+;/m0./s1. The van der Waals surface area contributed by atoms with Crippen molar-refractivity contribution in [3.8, 4) is 11.3 Å². The van der Waals surface area contributed by atoms with E-state index in [1.165, 1.54) is 32.1 Å². The number of methoxy groups -OCH3 is 1. The zero-order valence-corrected chi connectivity index (χ0v) is 40.1. The number of nitrogens with zero attached hydrogens (tertiary/aromatic N) is 5. The molecule has 20 heteroatoms. The number of anilines is 1. The van der Waals surface area contributed by atoms with E-state index in [0.29, 0.717) is 37.2 Å². The Morgan fingerprint density at radius 2 is 1.75 bits per heavy atom.